The van der Waals surface area contributed by atoms with Gasteiger partial charge in [0.05, 0.1) is 6.61 Å². The lowest BCUT2D eigenvalue weighted by Gasteiger charge is -2.10. The first-order valence-electron chi connectivity index (χ1n) is 2.58. The smallest absolute Gasteiger partial charge is 0.132 e. The van der Waals surface area contributed by atoms with Crippen molar-refractivity contribution in [1.82, 2.24) is 0 Å². The normalized spacial score (nSPS) is 27.8. The van der Waals surface area contributed by atoms with Gasteiger partial charge in [-0.05, 0) is 12.5 Å². The molecule has 1 heterocycles. The Balaban J connectivity index is 2.69. The van der Waals surface area contributed by atoms with Crippen LogP contribution in [0.25, 0.3) is 0 Å². The zero-order chi connectivity index (χ0) is 5.98. The fraction of sp³-hybridized carbons (Fsp3) is 0.500. The van der Waals surface area contributed by atoms with E-state index < -0.39 is 0 Å². The van der Waals surface area contributed by atoms with Crippen LogP contribution >= 0.6 is 0 Å². The van der Waals surface area contributed by atoms with Gasteiger partial charge in [-0.3, -0.25) is 0 Å². The van der Waals surface area contributed by atoms with E-state index in [0.717, 1.165) is 5.57 Å². The molecule has 0 radical (unpaired) electrons. The van der Waals surface area contributed by atoms with Crippen molar-refractivity contribution < 1.29 is 4.74 Å². The Bertz CT molecular complexity index is 145. The molecular formula is C6H9NO. The average molecular weight is 111 g/mol. The quantitative estimate of drug-likeness (QED) is 0.459. The van der Waals surface area contributed by atoms with Gasteiger partial charge in [0.2, 0.25) is 0 Å². The first-order valence-corrected chi connectivity index (χ1v) is 2.58. The topological polar surface area (TPSA) is 35.2 Å². The van der Waals surface area contributed by atoms with E-state index in [9.17, 15) is 0 Å². The molecule has 0 saturated heterocycles. The van der Waals surface area contributed by atoms with Crippen molar-refractivity contribution in [2.75, 3.05) is 6.61 Å². The molecule has 0 aromatic carbocycles. The van der Waals surface area contributed by atoms with Gasteiger partial charge in [-0.25, -0.2) is 0 Å². The molecule has 0 bridgehead atoms. The van der Waals surface area contributed by atoms with Crippen molar-refractivity contribution in [2.45, 2.75) is 13.2 Å². The summed E-state index contributed by atoms with van der Waals surface area (Å²) in [4.78, 5) is 0. The van der Waals surface area contributed by atoms with Gasteiger partial charge in [0.25, 0.3) is 0 Å². The Morgan fingerprint density at radius 2 is 2.75 bits per heavy atom. The number of rotatable bonds is 0. The van der Waals surface area contributed by atoms with E-state index in [1.165, 1.54) is 0 Å². The second kappa shape index (κ2) is 2.14. The van der Waals surface area contributed by atoms with E-state index in [-0.39, 0.29) is 6.23 Å². The number of hydrogen-bond donors (Lipinski definition) is 1. The lowest BCUT2D eigenvalue weighted by molar-refractivity contribution is 0.104. The molecule has 1 atom stereocenters. The highest BCUT2D eigenvalue weighted by Crippen LogP contribution is 1.99. The van der Waals surface area contributed by atoms with Crippen molar-refractivity contribution in [3.63, 3.8) is 0 Å². The maximum atomic E-state index is 5.34. The zero-order valence-electron chi connectivity index (χ0n) is 4.85. The number of nitrogens with two attached hydrogens (primary N) is 1. The maximum absolute atomic E-state index is 5.34. The first kappa shape index (κ1) is 5.57. The third kappa shape index (κ3) is 1.20. The van der Waals surface area contributed by atoms with Crippen LogP contribution in [-0.2, 0) is 4.74 Å². The summed E-state index contributed by atoms with van der Waals surface area (Å²) >= 11 is 0. The molecule has 1 aliphatic rings. The SMILES string of the molecule is CC1=C=CC(N)OC1. The highest BCUT2D eigenvalue weighted by molar-refractivity contribution is 5.03. The fourth-order valence-corrected chi connectivity index (χ4v) is 0.535. The summed E-state index contributed by atoms with van der Waals surface area (Å²) < 4.78 is 5.01. The third-order valence-corrected chi connectivity index (χ3v) is 0.986. The van der Waals surface area contributed by atoms with Crippen LogP contribution in [0.5, 0.6) is 0 Å². The summed E-state index contributed by atoms with van der Waals surface area (Å²) in [6, 6.07) is 0. The van der Waals surface area contributed by atoms with Crippen LogP contribution in [0.4, 0.5) is 0 Å². The molecule has 0 spiro atoms. The molecule has 44 valence electrons. The van der Waals surface area contributed by atoms with Crippen LogP contribution in [-0.4, -0.2) is 12.8 Å². The molecule has 0 aromatic rings. The molecule has 1 aliphatic heterocycles. The zero-order valence-corrected chi connectivity index (χ0v) is 4.85. The third-order valence-electron chi connectivity index (χ3n) is 0.986. The van der Waals surface area contributed by atoms with Crippen molar-refractivity contribution >= 4 is 0 Å². The minimum atomic E-state index is -0.237. The average Bonchev–Trinajstić information content (AvgIpc) is 1.77. The van der Waals surface area contributed by atoms with E-state index >= 15 is 0 Å². The Labute approximate surface area is 48.6 Å². The van der Waals surface area contributed by atoms with Crippen LogP contribution in [0.2, 0.25) is 0 Å². The Morgan fingerprint density at radius 3 is 3.12 bits per heavy atom. The number of ether oxygens (including phenoxy) is 1. The molecule has 0 saturated carbocycles. The second-order valence-electron chi connectivity index (χ2n) is 1.87. The Morgan fingerprint density at radius 1 is 2.00 bits per heavy atom. The van der Waals surface area contributed by atoms with Crippen LogP contribution in [0.1, 0.15) is 6.92 Å². The predicted octanol–water partition coefficient (Wildman–Crippen LogP) is 0.403. The van der Waals surface area contributed by atoms with Crippen molar-refractivity contribution in [2.24, 2.45) is 5.73 Å². The van der Waals surface area contributed by atoms with Gasteiger partial charge in [-0.1, -0.05) is 0 Å². The predicted molar refractivity (Wildman–Crippen MR) is 31.2 cm³/mol. The van der Waals surface area contributed by atoms with Crippen LogP contribution in [0.3, 0.4) is 0 Å². The van der Waals surface area contributed by atoms with Crippen LogP contribution < -0.4 is 5.73 Å². The molecule has 0 aliphatic carbocycles. The molecule has 0 aromatic heterocycles. The first-order chi connectivity index (χ1) is 3.79. The van der Waals surface area contributed by atoms with Gasteiger partial charge in [0.15, 0.2) is 0 Å². The molecule has 8 heavy (non-hydrogen) atoms. The van der Waals surface area contributed by atoms with Crippen molar-refractivity contribution in [1.29, 1.82) is 0 Å². The summed E-state index contributed by atoms with van der Waals surface area (Å²) in [7, 11) is 0. The van der Waals surface area contributed by atoms with E-state index in [0.29, 0.717) is 6.61 Å². The van der Waals surface area contributed by atoms with Crippen LogP contribution in [0.15, 0.2) is 17.4 Å². The van der Waals surface area contributed by atoms with Gasteiger partial charge in [0, 0.05) is 6.08 Å². The van der Waals surface area contributed by atoms with Gasteiger partial charge >= 0.3 is 0 Å². The lowest BCUT2D eigenvalue weighted by atomic mass is 10.3. The molecule has 0 amide bonds. The minimum Gasteiger partial charge on any atom is -0.354 e. The van der Waals surface area contributed by atoms with E-state index in [1.54, 1.807) is 6.08 Å². The summed E-state index contributed by atoms with van der Waals surface area (Å²) in [5.74, 6) is 0. The summed E-state index contributed by atoms with van der Waals surface area (Å²) in [5, 5.41) is 0. The molecule has 1 unspecified atom stereocenters. The summed E-state index contributed by atoms with van der Waals surface area (Å²) in [5.41, 5.74) is 9.42. The van der Waals surface area contributed by atoms with Gasteiger partial charge in [0.1, 0.15) is 6.23 Å². The minimum absolute atomic E-state index is 0.237. The van der Waals surface area contributed by atoms with Crippen molar-refractivity contribution in [3.05, 3.63) is 17.4 Å². The maximum Gasteiger partial charge on any atom is 0.132 e. The number of hydrogen-bond acceptors (Lipinski definition) is 2. The van der Waals surface area contributed by atoms with Crippen LogP contribution in [0, 0.1) is 0 Å². The molecule has 2 nitrogen and oxygen atoms in total. The van der Waals surface area contributed by atoms with Gasteiger partial charge < -0.3 is 10.5 Å². The molecule has 0 fully saturated rings. The molecule has 1 rings (SSSR count). The largest absolute Gasteiger partial charge is 0.354 e. The van der Waals surface area contributed by atoms with E-state index in [2.05, 4.69) is 5.73 Å². The Kier molecular flexibility index (Phi) is 1.49. The molecule has 2 N–H and O–H groups in total. The summed E-state index contributed by atoms with van der Waals surface area (Å²) in [6.45, 7) is 2.58. The molecule has 2 heteroatoms. The highest BCUT2D eigenvalue weighted by Gasteiger charge is 2.00. The highest BCUT2D eigenvalue weighted by atomic mass is 16.5. The Hall–Kier alpha value is -0.560. The van der Waals surface area contributed by atoms with Gasteiger partial charge in [-0.15, -0.1) is 5.73 Å². The fourth-order valence-electron chi connectivity index (χ4n) is 0.535. The lowest BCUT2D eigenvalue weighted by Crippen LogP contribution is -2.23. The summed E-state index contributed by atoms with van der Waals surface area (Å²) in [6.07, 6.45) is 1.48. The molecular weight excluding hydrogens is 102 g/mol. The van der Waals surface area contributed by atoms with Gasteiger partial charge in [-0.2, -0.15) is 0 Å². The van der Waals surface area contributed by atoms with E-state index in [4.69, 9.17) is 10.5 Å². The second-order valence-corrected chi connectivity index (χ2v) is 1.87. The van der Waals surface area contributed by atoms with E-state index in [1.807, 2.05) is 6.92 Å². The van der Waals surface area contributed by atoms with Crippen molar-refractivity contribution in [3.8, 4) is 0 Å². The standard InChI is InChI=1S/C6H9NO/c1-5-2-3-6(7)8-4-5/h3,6H,4,7H2,1H3. The monoisotopic (exact) mass is 111 g/mol.